The van der Waals surface area contributed by atoms with E-state index in [1.54, 1.807) is 18.2 Å². The van der Waals surface area contributed by atoms with E-state index in [1.165, 1.54) is 18.9 Å². The molecule has 1 saturated heterocycles. The number of hydrogen-bond donors (Lipinski definition) is 3. The van der Waals surface area contributed by atoms with Crippen molar-refractivity contribution in [2.24, 2.45) is 0 Å². The average Bonchev–Trinajstić information content (AvgIpc) is 3.75. The van der Waals surface area contributed by atoms with Gasteiger partial charge >= 0.3 is 0 Å². The highest BCUT2D eigenvalue weighted by Gasteiger charge is 2.37. The van der Waals surface area contributed by atoms with Gasteiger partial charge in [0.25, 0.3) is 11.8 Å². The van der Waals surface area contributed by atoms with Gasteiger partial charge in [-0.15, -0.1) is 0 Å². The zero-order valence-electron chi connectivity index (χ0n) is 34.0. The molecule has 2 saturated carbocycles. The first kappa shape index (κ1) is 40.9. The van der Waals surface area contributed by atoms with E-state index in [0.717, 1.165) is 101 Å². The lowest BCUT2D eigenvalue weighted by Gasteiger charge is -2.26. The molecule has 2 amide bonds. The SMILES string of the molecule is O=C(NC1CCCCC1)C1=C(c2ccccc2)c2ccc(O)cc2C1=O.O=C(NC1CCCCC1)C1=C(c2ccccc2)c2ccc(OCCN3CCOCC3)cc2C1=O. The molecule has 1 heterocycles. The van der Waals surface area contributed by atoms with Gasteiger partial charge in [0, 0.05) is 54.0 Å². The molecule has 60 heavy (non-hydrogen) atoms. The van der Waals surface area contributed by atoms with Gasteiger partial charge in [-0.3, -0.25) is 24.1 Å². The van der Waals surface area contributed by atoms with Crippen molar-refractivity contribution in [3.63, 3.8) is 0 Å². The minimum Gasteiger partial charge on any atom is -0.508 e. The molecule has 0 bridgehead atoms. The van der Waals surface area contributed by atoms with E-state index in [1.807, 2.05) is 72.8 Å². The third kappa shape index (κ3) is 9.15. The van der Waals surface area contributed by atoms with Gasteiger partial charge in [0.2, 0.25) is 0 Å². The lowest BCUT2D eigenvalue weighted by atomic mass is 9.94. The predicted octanol–water partition coefficient (Wildman–Crippen LogP) is 7.68. The van der Waals surface area contributed by atoms with Crippen LogP contribution < -0.4 is 15.4 Å². The summed E-state index contributed by atoms with van der Waals surface area (Å²) in [5.41, 5.74) is 5.93. The quantitative estimate of drug-likeness (QED) is 0.139. The van der Waals surface area contributed by atoms with Crippen LogP contribution in [0.1, 0.15) is 107 Å². The lowest BCUT2D eigenvalue weighted by Crippen LogP contribution is -2.38. The lowest BCUT2D eigenvalue weighted by molar-refractivity contribution is -0.118. The number of phenols is 1. The monoisotopic (exact) mass is 807 g/mol. The molecule has 10 nitrogen and oxygen atoms in total. The van der Waals surface area contributed by atoms with Crippen LogP contribution in [0.5, 0.6) is 11.5 Å². The summed E-state index contributed by atoms with van der Waals surface area (Å²) in [6.45, 7) is 4.70. The molecule has 3 N–H and O–H groups in total. The Hall–Kier alpha value is -5.84. The fraction of sp³-hybridized carbons (Fsp3) is 0.360. The Labute approximate surface area is 351 Å². The Balaban J connectivity index is 0.000000172. The Morgan fingerprint density at radius 3 is 1.62 bits per heavy atom. The van der Waals surface area contributed by atoms with Crippen molar-refractivity contribution in [2.75, 3.05) is 39.5 Å². The number of fused-ring (bicyclic) bond motifs is 2. The van der Waals surface area contributed by atoms with Gasteiger partial charge in [-0.25, -0.2) is 0 Å². The third-order valence-corrected chi connectivity index (χ3v) is 12.2. The molecule has 0 aromatic heterocycles. The molecule has 4 aliphatic carbocycles. The van der Waals surface area contributed by atoms with Gasteiger partial charge in [0.15, 0.2) is 11.6 Å². The van der Waals surface area contributed by atoms with Crippen molar-refractivity contribution in [2.45, 2.75) is 76.3 Å². The first-order chi connectivity index (χ1) is 29.4. The number of nitrogens with zero attached hydrogens (tertiary/aromatic N) is 1. The Morgan fingerprint density at radius 2 is 1.10 bits per heavy atom. The molecule has 310 valence electrons. The summed E-state index contributed by atoms with van der Waals surface area (Å²) < 4.78 is 11.4. The highest BCUT2D eigenvalue weighted by molar-refractivity contribution is 6.37. The standard InChI is InChI=1S/C28H32N2O4.C22H21NO3/c31-27-24-19-22(34-18-15-30-13-16-33-17-14-30)11-12-23(24)25(20-7-3-1-4-8-20)26(27)28(32)29-21-9-5-2-6-10-21;24-16-11-12-17-18(13-16)21(25)20(19(17)14-7-3-1-4-8-14)22(26)23-15-9-5-2-6-10-15/h1,3-4,7-8,11-12,19,21H,2,5-6,9-10,13-18H2,(H,29,32);1,3-4,7-8,11-13,15,24H,2,5-6,9-10H2,(H,23,26). The molecule has 4 aromatic rings. The summed E-state index contributed by atoms with van der Waals surface area (Å²) in [5, 5.41) is 16.0. The van der Waals surface area contributed by atoms with E-state index >= 15 is 0 Å². The van der Waals surface area contributed by atoms with Crippen LogP contribution in [0.25, 0.3) is 11.1 Å². The average molecular weight is 808 g/mol. The minimum absolute atomic E-state index is 0.0263. The Bertz CT molecular complexity index is 2280. The predicted molar refractivity (Wildman–Crippen MR) is 231 cm³/mol. The highest BCUT2D eigenvalue weighted by Crippen LogP contribution is 2.41. The van der Waals surface area contributed by atoms with Crippen LogP contribution in [0, 0.1) is 0 Å². The molecule has 3 fully saturated rings. The van der Waals surface area contributed by atoms with Crippen molar-refractivity contribution >= 4 is 34.5 Å². The molecular formula is C50H53N3O7. The molecule has 5 aliphatic rings. The number of phenolic OH excluding ortho intramolecular Hbond substituents is 1. The maximum absolute atomic E-state index is 13.5. The van der Waals surface area contributed by atoms with E-state index in [2.05, 4.69) is 15.5 Å². The second-order valence-corrected chi connectivity index (χ2v) is 16.2. The zero-order valence-corrected chi connectivity index (χ0v) is 34.0. The number of nitrogens with one attached hydrogen (secondary N) is 2. The summed E-state index contributed by atoms with van der Waals surface area (Å²) in [4.78, 5) is 55.2. The van der Waals surface area contributed by atoms with Gasteiger partial charge in [-0.1, -0.05) is 99.2 Å². The molecular weight excluding hydrogens is 755 g/mol. The number of Topliss-reactive ketones (excluding diaryl/α,β-unsaturated/α-hetero) is 2. The molecule has 0 spiro atoms. The molecule has 9 rings (SSSR count). The van der Waals surface area contributed by atoms with Gasteiger partial charge in [-0.2, -0.15) is 0 Å². The van der Waals surface area contributed by atoms with Crippen LogP contribution >= 0.6 is 0 Å². The number of carbonyl (C=O) groups excluding carboxylic acids is 4. The van der Waals surface area contributed by atoms with Gasteiger partial charge < -0.3 is 25.2 Å². The zero-order chi connectivity index (χ0) is 41.4. The molecule has 10 heteroatoms. The summed E-state index contributed by atoms with van der Waals surface area (Å²) in [6, 6.07) is 29.8. The fourth-order valence-electron chi connectivity index (χ4n) is 9.09. The third-order valence-electron chi connectivity index (χ3n) is 12.2. The second kappa shape index (κ2) is 19.0. The van der Waals surface area contributed by atoms with Gasteiger partial charge in [0.1, 0.15) is 18.1 Å². The number of carbonyl (C=O) groups is 4. The van der Waals surface area contributed by atoms with E-state index in [-0.39, 0.29) is 52.4 Å². The van der Waals surface area contributed by atoms with Crippen LogP contribution in [-0.2, 0) is 14.3 Å². The molecule has 0 atom stereocenters. The van der Waals surface area contributed by atoms with Crippen molar-refractivity contribution in [3.05, 3.63) is 142 Å². The first-order valence-electron chi connectivity index (χ1n) is 21.6. The number of ether oxygens (including phenoxy) is 2. The number of hydrogen-bond acceptors (Lipinski definition) is 8. The summed E-state index contributed by atoms with van der Waals surface area (Å²) in [5.74, 6) is -0.429. The van der Waals surface area contributed by atoms with Crippen molar-refractivity contribution in [1.29, 1.82) is 0 Å². The van der Waals surface area contributed by atoms with Crippen LogP contribution in [-0.4, -0.2) is 84.9 Å². The van der Waals surface area contributed by atoms with E-state index in [0.29, 0.717) is 40.2 Å². The fourth-order valence-corrected chi connectivity index (χ4v) is 9.09. The van der Waals surface area contributed by atoms with E-state index in [9.17, 15) is 24.3 Å². The van der Waals surface area contributed by atoms with E-state index < -0.39 is 0 Å². The molecule has 1 aliphatic heterocycles. The smallest absolute Gasteiger partial charge is 0.256 e. The van der Waals surface area contributed by atoms with Crippen molar-refractivity contribution in [1.82, 2.24) is 15.5 Å². The van der Waals surface area contributed by atoms with Crippen LogP contribution in [0.3, 0.4) is 0 Å². The van der Waals surface area contributed by atoms with Crippen molar-refractivity contribution < 1.29 is 33.8 Å². The van der Waals surface area contributed by atoms with Gasteiger partial charge in [-0.05, 0) is 84.3 Å². The number of morpholine rings is 1. The Kier molecular flexibility index (Phi) is 13.0. The molecule has 0 radical (unpaired) electrons. The summed E-state index contributed by atoms with van der Waals surface area (Å²) in [7, 11) is 0. The number of benzene rings is 4. The van der Waals surface area contributed by atoms with Gasteiger partial charge in [0.05, 0.1) is 24.4 Å². The number of aromatic hydroxyl groups is 1. The Morgan fingerprint density at radius 1 is 0.617 bits per heavy atom. The maximum atomic E-state index is 13.5. The highest BCUT2D eigenvalue weighted by atomic mass is 16.5. The molecule has 0 unspecified atom stereocenters. The topological polar surface area (TPSA) is 134 Å². The largest absolute Gasteiger partial charge is 0.508 e. The minimum atomic E-state index is -0.317. The van der Waals surface area contributed by atoms with E-state index in [4.69, 9.17) is 9.47 Å². The van der Waals surface area contributed by atoms with Crippen LogP contribution in [0.15, 0.2) is 108 Å². The molecule has 4 aromatic carbocycles. The number of ketones is 2. The summed E-state index contributed by atoms with van der Waals surface area (Å²) in [6.07, 6.45) is 10.7. The second-order valence-electron chi connectivity index (χ2n) is 16.2. The number of rotatable bonds is 10. The number of amides is 2. The maximum Gasteiger partial charge on any atom is 0.256 e. The normalized spacial score (nSPS) is 18.4. The summed E-state index contributed by atoms with van der Waals surface area (Å²) >= 11 is 0. The van der Waals surface area contributed by atoms with Crippen LogP contribution in [0.2, 0.25) is 0 Å². The van der Waals surface area contributed by atoms with Crippen LogP contribution in [0.4, 0.5) is 0 Å². The van der Waals surface area contributed by atoms with Crippen molar-refractivity contribution in [3.8, 4) is 11.5 Å². The first-order valence-corrected chi connectivity index (χ1v) is 21.6.